The topological polar surface area (TPSA) is 21.3 Å². The Morgan fingerprint density at radius 1 is 1.58 bits per heavy atom. The molecule has 0 radical (unpaired) electrons. The second-order valence-electron chi connectivity index (χ2n) is 3.73. The Labute approximate surface area is 75.0 Å². The Morgan fingerprint density at radius 2 is 2.42 bits per heavy atom. The minimum absolute atomic E-state index is 0.646. The zero-order chi connectivity index (χ0) is 8.81. The van der Waals surface area contributed by atoms with Gasteiger partial charge in [-0.2, -0.15) is 0 Å². The molecule has 70 valence electrons. The number of ether oxygens (including phenoxy) is 1. The van der Waals surface area contributed by atoms with Crippen LogP contribution in [0.4, 0.5) is 0 Å². The fourth-order valence-corrected chi connectivity index (χ4v) is 1.23. The Hall–Kier alpha value is -0.340. The van der Waals surface area contributed by atoms with Crippen molar-refractivity contribution >= 4 is 0 Å². The summed E-state index contributed by atoms with van der Waals surface area (Å²) in [5.41, 5.74) is 1.45. The third kappa shape index (κ3) is 3.88. The van der Waals surface area contributed by atoms with Crippen LogP contribution in [0, 0.1) is 5.92 Å². The summed E-state index contributed by atoms with van der Waals surface area (Å²) in [6, 6.07) is 0. The zero-order valence-electron chi connectivity index (χ0n) is 8.10. The first-order valence-corrected chi connectivity index (χ1v) is 4.75. The van der Waals surface area contributed by atoms with Crippen LogP contribution in [0.2, 0.25) is 0 Å². The van der Waals surface area contributed by atoms with Gasteiger partial charge in [0.2, 0.25) is 0 Å². The lowest BCUT2D eigenvalue weighted by Crippen LogP contribution is -2.22. The highest BCUT2D eigenvalue weighted by Gasteiger charge is 2.02. The molecule has 0 aliphatic carbocycles. The van der Waals surface area contributed by atoms with Gasteiger partial charge in [0.25, 0.3) is 0 Å². The van der Waals surface area contributed by atoms with Crippen LogP contribution in [-0.2, 0) is 4.74 Å². The lowest BCUT2D eigenvalue weighted by Gasteiger charge is -2.14. The molecule has 0 aromatic heterocycles. The fraction of sp³-hybridized carbons (Fsp3) is 0.800. The molecule has 0 fully saturated rings. The van der Waals surface area contributed by atoms with Crippen molar-refractivity contribution in [2.75, 3.05) is 26.3 Å². The Balaban J connectivity index is 2.09. The van der Waals surface area contributed by atoms with E-state index in [4.69, 9.17) is 4.74 Å². The van der Waals surface area contributed by atoms with E-state index in [9.17, 15) is 0 Å². The maximum Gasteiger partial charge on any atom is 0.0677 e. The molecule has 0 bridgehead atoms. The summed E-state index contributed by atoms with van der Waals surface area (Å²) < 4.78 is 5.54. The van der Waals surface area contributed by atoms with Crippen LogP contribution in [0.25, 0.3) is 0 Å². The molecule has 0 atom stereocenters. The largest absolute Gasteiger partial charge is 0.377 e. The zero-order valence-corrected chi connectivity index (χ0v) is 8.10. The molecule has 1 aliphatic rings. The van der Waals surface area contributed by atoms with Crippen LogP contribution in [-0.4, -0.2) is 26.3 Å². The number of nitrogens with one attached hydrogen (secondary N) is 1. The molecule has 0 saturated carbocycles. The highest BCUT2D eigenvalue weighted by atomic mass is 16.5. The first-order valence-electron chi connectivity index (χ1n) is 4.75. The van der Waals surface area contributed by atoms with Crippen LogP contribution in [0.3, 0.4) is 0 Å². The van der Waals surface area contributed by atoms with Crippen LogP contribution in [0.15, 0.2) is 11.6 Å². The maximum atomic E-state index is 5.54. The summed E-state index contributed by atoms with van der Waals surface area (Å²) in [7, 11) is 0. The molecule has 12 heavy (non-hydrogen) atoms. The summed E-state index contributed by atoms with van der Waals surface area (Å²) in [6.45, 7) is 8.19. The van der Waals surface area contributed by atoms with Gasteiger partial charge in [0.15, 0.2) is 0 Å². The van der Waals surface area contributed by atoms with Crippen molar-refractivity contribution in [1.82, 2.24) is 5.32 Å². The minimum atomic E-state index is 0.646. The molecule has 0 unspecified atom stereocenters. The molecule has 0 aromatic rings. The van der Waals surface area contributed by atoms with E-state index in [0.29, 0.717) is 5.92 Å². The fourth-order valence-electron chi connectivity index (χ4n) is 1.23. The molecule has 1 rings (SSSR count). The lowest BCUT2D eigenvalue weighted by atomic mass is 10.1. The number of hydrogen-bond donors (Lipinski definition) is 1. The monoisotopic (exact) mass is 169 g/mol. The molecular weight excluding hydrogens is 150 g/mol. The van der Waals surface area contributed by atoms with Gasteiger partial charge in [-0.25, -0.2) is 0 Å². The predicted octanol–water partition coefficient (Wildman–Crippen LogP) is 1.58. The van der Waals surface area contributed by atoms with Crippen molar-refractivity contribution in [2.45, 2.75) is 20.3 Å². The average Bonchev–Trinajstić information content (AvgIpc) is 2.05. The van der Waals surface area contributed by atoms with Crippen molar-refractivity contribution in [3.05, 3.63) is 11.6 Å². The van der Waals surface area contributed by atoms with Crippen molar-refractivity contribution in [3.63, 3.8) is 0 Å². The van der Waals surface area contributed by atoms with Gasteiger partial charge in [-0.15, -0.1) is 0 Å². The van der Waals surface area contributed by atoms with E-state index in [0.717, 1.165) is 32.7 Å². The third-order valence-corrected chi connectivity index (χ3v) is 1.90. The Morgan fingerprint density at radius 3 is 3.00 bits per heavy atom. The van der Waals surface area contributed by atoms with E-state index in [1.807, 2.05) is 0 Å². The SMILES string of the molecule is CC(C)COCC1=CCNCC1. The van der Waals surface area contributed by atoms with E-state index in [2.05, 4.69) is 25.2 Å². The summed E-state index contributed by atoms with van der Waals surface area (Å²) in [4.78, 5) is 0. The molecule has 0 aromatic carbocycles. The normalized spacial score (nSPS) is 18.1. The molecule has 0 saturated heterocycles. The first-order chi connectivity index (χ1) is 5.79. The quantitative estimate of drug-likeness (QED) is 0.645. The summed E-state index contributed by atoms with van der Waals surface area (Å²) >= 11 is 0. The lowest BCUT2D eigenvalue weighted by molar-refractivity contribution is 0.127. The first kappa shape index (κ1) is 9.75. The smallest absolute Gasteiger partial charge is 0.0677 e. The Kier molecular flexibility index (Phi) is 4.33. The van der Waals surface area contributed by atoms with Gasteiger partial charge in [0.1, 0.15) is 0 Å². The number of hydrogen-bond acceptors (Lipinski definition) is 2. The van der Waals surface area contributed by atoms with Gasteiger partial charge in [-0.3, -0.25) is 0 Å². The predicted molar refractivity (Wildman–Crippen MR) is 51.2 cm³/mol. The second-order valence-corrected chi connectivity index (χ2v) is 3.73. The summed E-state index contributed by atoms with van der Waals surface area (Å²) in [6.07, 6.45) is 3.39. The molecule has 1 aliphatic heterocycles. The third-order valence-electron chi connectivity index (χ3n) is 1.90. The van der Waals surface area contributed by atoms with E-state index < -0.39 is 0 Å². The van der Waals surface area contributed by atoms with Gasteiger partial charge in [-0.05, 0) is 24.5 Å². The molecular formula is C10H19NO. The summed E-state index contributed by atoms with van der Waals surface area (Å²) in [5.74, 6) is 0.646. The molecule has 2 heteroatoms. The van der Waals surface area contributed by atoms with Crippen molar-refractivity contribution in [2.24, 2.45) is 5.92 Å². The standard InChI is InChI=1S/C10H19NO/c1-9(2)7-12-8-10-3-5-11-6-4-10/h3,9,11H,4-8H2,1-2H3. The van der Waals surface area contributed by atoms with Crippen molar-refractivity contribution < 1.29 is 4.74 Å². The maximum absolute atomic E-state index is 5.54. The average molecular weight is 169 g/mol. The summed E-state index contributed by atoms with van der Waals surface area (Å²) in [5, 5.41) is 3.28. The van der Waals surface area contributed by atoms with Gasteiger partial charge in [-0.1, -0.05) is 19.9 Å². The van der Waals surface area contributed by atoms with E-state index >= 15 is 0 Å². The molecule has 2 nitrogen and oxygen atoms in total. The minimum Gasteiger partial charge on any atom is -0.377 e. The molecule has 1 heterocycles. The van der Waals surface area contributed by atoms with Crippen molar-refractivity contribution in [1.29, 1.82) is 0 Å². The van der Waals surface area contributed by atoms with Crippen LogP contribution in [0.5, 0.6) is 0 Å². The van der Waals surface area contributed by atoms with Crippen molar-refractivity contribution in [3.8, 4) is 0 Å². The Bertz CT molecular complexity index is 152. The molecule has 0 amide bonds. The van der Waals surface area contributed by atoms with Gasteiger partial charge in [0, 0.05) is 13.2 Å². The van der Waals surface area contributed by atoms with Crippen LogP contribution >= 0.6 is 0 Å². The second kappa shape index (κ2) is 5.33. The molecule has 1 N–H and O–H groups in total. The van der Waals surface area contributed by atoms with E-state index in [-0.39, 0.29) is 0 Å². The molecule has 0 spiro atoms. The number of rotatable bonds is 4. The highest BCUT2D eigenvalue weighted by Crippen LogP contribution is 2.05. The van der Waals surface area contributed by atoms with E-state index in [1.165, 1.54) is 5.57 Å². The van der Waals surface area contributed by atoms with Crippen LogP contribution < -0.4 is 5.32 Å². The highest BCUT2D eigenvalue weighted by molar-refractivity contribution is 5.06. The van der Waals surface area contributed by atoms with E-state index in [1.54, 1.807) is 0 Å². The van der Waals surface area contributed by atoms with Crippen LogP contribution in [0.1, 0.15) is 20.3 Å². The van der Waals surface area contributed by atoms with Gasteiger partial charge < -0.3 is 10.1 Å². The van der Waals surface area contributed by atoms with Gasteiger partial charge >= 0.3 is 0 Å². The van der Waals surface area contributed by atoms with Gasteiger partial charge in [0.05, 0.1) is 6.61 Å².